The Bertz CT molecular complexity index is 1800. The zero-order valence-corrected chi connectivity index (χ0v) is 28.2. The summed E-state index contributed by atoms with van der Waals surface area (Å²) in [6.07, 6.45) is 6.42. The van der Waals surface area contributed by atoms with Crippen molar-refractivity contribution in [1.29, 1.82) is 0 Å². The zero-order chi connectivity index (χ0) is 34.0. The molecule has 0 unspecified atom stereocenters. The number of hydrogen-bond acceptors (Lipinski definition) is 7. The molecular weight excluding hydrogens is 606 g/mol. The Balaban J connectivity index is 0.000000214. The summed E-state index contributed by atoms with van der Waals surface area (Å²) in [6, 6.07) is 20.2. The molecule has 0 radical (unpaired) electrons. The Morgan fingerprint density at radius 3 is 2.08 bits per heavy atom. The van der Waals surface area contributed by atoms with E-state index < -0.39 is 0 Å². The van der Waals surface area contributed by atoms with Crippen LogP contribution in [0.3, 0.4) is 0 Å². The Kier molecular flexibility index (Phi) is 11.5. The van der Waals surface area contributed by atoms with Crippen LogP contribution in [-0.4, -0.2) is 85.3 Å². The maximum atomic E-state index is 12.9. The van der Waals surface area contributed by atoms with Gasteiger partial charge in [0.2, 0.25) is 0 Å². The first-order valence-electron chi connectivity index (χ1n) is 16.3. The van der Waals surface area contributed by atoms with Gasteiger partial charge in [-0.25, -0.2) is 15.0 Å². The number of carbonyl (C=O) groups is 2. The van der Waals surface area contributed by atoms with Crippen LogP contribution >= 0.6 is 0 Å². The highest BCUT2D eigenvalue weighted by atomic mass is 16.5. The van der Waals surface area contributed by atoms with Crippen molar-refractivity contribution in [3.05, 3.63) is 102 Å². The fourth-order valence-electron chi connectivity index (χ4n) is 5.46. The molecule has 12 heteroatoms. The molecule has 3 N–H and O–H groups in total. The Morgan fingerprint density at radius 2 is 1.50 bits per heavy atom. The summed E-state index contributed by atoms with van der Waals surface area (Å²) in [5.74, 6) is 2.08. The number of aryl methyl sites for hydroxylation is 2. The molecule has 2 amide bonds. The van der Waals surface area contributed by atoms with E-state index in [4.69, 9.17) is 15.5 Å². The van der Waals surface area contributed by atoms with Gasteiger partial charge in [-0.05, 0) is 19.9 Å². The monoisotopic (exact) mass is 651 g/mol. The van der Waals surface area contributed by atoms with Gasteiger partial charge in [0.05, 0.1) is 18.0 Å². The van der Waals surface area contributed by atoms with Crippen LogP contribution in [0.25, 0.3) is 22.5 Å². The Labute approximate surface area is 281 Å². The van der Waals surface area contributed by atoms with E-state index in [0.717, 1.165) is 66.6 Å². The number of likely N-dealkylation sites (tertiary alicyclic amines) is 1. The van der Waals surface area contributed by atoms with E-state index in [9.17, 15) is 9.59 Å². The van der Waals surface area contributed by atoms with Crippen LogP contribution in [0.4, 0.5) is 0 Å². The number of nitrogens with one attached hydrogen (secondary N) is 1. The summed E-state index contributed by atoms with van der Waals surface area (Å²) < 4.78 is 10.9. The largest absolute Gasteiger partial charge is 0.383 e. The van der Waals surface area contributed by atoms with E-state index in [1.807, 2.05) is 66.3 Å². The summed E-state index contributed by atoms with van der Waals surface area (Å²) in [4.78, 5) is 40.9. The third kappa shape index (κ3) is 8.07. The third-order valence-electron chi connectivity index (χ3n) is 8.39. The molecule has 12 nitrogen and oxygen atoms in total. The van der Waals surface area contributed by atoms with Gasteiger partial charge in [0.15, 0.2) is 5.69 Å². The molecule has 0 atom stereocenters. The van der Waals surface area contributed by atoms with Gasteiger partial charge in [-0.15, -0.1) is 0 Å². The van der Waals surface area contributed by atoms with Gasteiger partial charge >= 0.3 is 0 Å². The molecule has 5 aromatic rings. The van der Waals surface area contributed by atoms with Gasteiger partial charge in [-0.3, -0.25) is 9.59 Å². The predicted molar refractivity (Wildman–Crippen MR) is 185 cm³/mol. The van der Waals surface area contributed by atoms with Gasteiger partial charge in [-0.2, -0.15) is 0 Å². The summed E-state index contributed by atoms with van der Waals surface area (Å²) in [6.45, 7) is 5.76. The molecule has 48 heavy (non-hydrogen) atoms. The van der Waals surface area contributed by atoms with E-state index in [1.54, 1.807) is 30.5 Å². The molecule has 252 valence electrons. The van der Waals surface area contributed by atoms with Crippen molar-refractivity contribution in [1.82, 2.24) is 38.9 Å². The molecule has 1 aliphatic heterocycles. The highest BCUT2D eigenvalue weighted by Gasteiger charge is 2.30. The molecule has 0 bridgehead atoms. The molecular formula is C36H45N9O3. The number of rotatable bonds is 12. The molecule has 0 saturated carbocycles. The SMILES string of the molecule is COCCn1cc(-c2ccccc2)nc1CCN.Cc1nc(C(=O)N2CCC2)c(C(=O)NCCc2nc(-c3ccccc3)cn2C)n1C. The molecule has 1 fully saturated rings. The predicted octanol–water partition coefficient (Wildman–Crippen LogP) is 3.65. The second-order valence-electron chi connectivity index (χ2n) is 11.7. The first kappa shape index (κ1) is 34.3. The van der Waals surface area contributed by atoms with Gasteiger partial charge in [-0.1, -0.05) is 60.7 Å². The Hall–Kier alpha value is -5.07. The van der Waals surface area contributed by atoms with Crippen molar-refractivity contribution in [2.75, 3.05) is 39.9 Å². The lowest BCUT2D eigenvalue weighted by molar-refractivity contribution is 0.0641. The standard InChI is InChI=1S/C22H26N6O2.C14H19N3O/c1-15-24-19(22(30)28-12-7-13-28)20(27(15)3)21(29)23-11-10-18-25-17(14-26(18)2)16-8-5-4-6-9-16;1-18-10-9-17-11-13(16-14(17)7-8-15)12-5-3-2-4-6-12/h4-6,8-9,14H,7,10-13H2,1-3H3,(H,23,29);2-6,11H,7-10,15H2,1H3. The van der Waals surface area contributed by atoms with Crippen LogP contribution in [0.5, 0.6) is 0 Å². The normalized spacial score (nSPS) is 12.3. The minimum atomic E-state index is -0.292. The maximum Gasteiger partial charge on any atom is 0.274 e. The van der Waals surface area contributed by atoms with Gasteiger partial charge in [0, 0.05) is 83.7 Å². The molecule has 0 spiro atoms. The van der Waals surface area contributed by atoms with Crippen LogP contribution < -0.4 is 11.1 Å². The fourth-order valence-corrected chi connectivity index (χ4v) is 5.46. The Morgan fingerprint density at radius 1 is 0.875 bits per heavy atom. The molecule has 6 rings (SSSR count). The number of aromatic nitrogens is 6. The number of methoxy groups -OCH3 is 1. The fraction of sp³-hybridized carbons (Fsp3) is 0.361. The smallest absolute Gasteiger partial charge is 0.274 e. The van der Waals surface area contributed by atoms with Gasteiger partial charge in [0.25, 0.3) is 11.8 Å². The summed E-state index contributed by atoms with van der Waals surface area (Å²) in [7, 11) is 5.41. The van der Waals surface area contributed by atoms with Crippen LogP contribution in [0.2, 0.25) is 0 Å². The summed E-state index contributed by atoms with van der Waals surface area (Å²) >= 11 is 0. The molecule has 1 aliphatic rings. The van der Waals surface area contributed by atoms with E-state index in [0.29, 0.717) is 37.6 Å². The topological polar surface area (TPSA) is 138 Å². The first-order valence-corrected chi connectivity index (χ1v) is 16.3. The number of nitrogens with zero attached hydrogens (tertiary/aromatic N) is 7. The van der Waals surface area contributed by atoms with Crippen LogP contribution in [-0.2, 0) is 38.2 Å². The minimum absolute atomic E-state index is 0.174. The van der Waals surface area contributed by atoms with Crippen molar-refractivity contribution in [3.8, 4) is 22.5 Å². The summed E-state index contributed by atoms with van der Waals surface area (Å²) in [5.41, 5.74) is 10.3. The second kappa shape index (κ2) is 16.2. The third-order valence-corrected chi connectivity index (χ3v) is 8.39. The molecule has 4 heterocycles. The second-order valence-corrected chi connectivity index (χ2v) is 11.7. The maximum absolute atomic E-state index is 12.9. The first-order chi connectivity index (χ1) is 23.3. The van der Waals surface area contributed by atoms with Gasteiger partial charge in [0.1, 0.15) is 23.2 Å². The lowest BCUT2D eigenvalue weighted by Crippen LogP contribution is -2.43. The number of amides is 2. The average molecular weight is 652 g/mol. The average Bonchev–Trinajstić information content (AvgIpc) is 3.75. The van der Waals surface area contributed by atoms with E-state index >= 15 is 0 Å². The molecule has 2 aromatic carbocycles. The number of ether oxygens (including phenoxy) is 1. The molecule has 0 aliphatic carbocycles. The molecule has 1 saturated heterocycles. The van der Waals surface area contributed by atoms with Gasteiger partial charge < -0.3 is 34.4 Å². The van der Waals surface area contributed by atoms with Crippen molar-refractivity contribution >= 4 is 11.8 Å². The highest BCUT2D eigenvalue weighted by molar-refractivity contribution is 6.05. The number of carbonyl (C=O) groups excluding carboxylic acids is 2. The number of imidazole rings is 3. The van der Waals surface area contributed by atoms with Crippen molar-refractivity contribution in [3.63, 3.8) is 0 Å². The van der Waals surface area contributed by atoms with E-state index in [-0.39, 0.29) is 17.5 Å². The molecule has 3 aromatic heterocycles. The van der Waals surface area contributed by atoms with Crippen LogP contribution in [0.15, 0.2) is 73.1 Å². The lowest BCUT2D eigenvalue weighted by atomic mass is 10.2. The zero-order valence-electron chi connectivity index (χ0n) is 28.2. The van der Waals surface area contributed by atoms with Crippen molar-refractivity contribution in [2.45, 2.75) is 32.7 Å². The van der Waals surface area contributed by atoms with E-state index in [1.165, 1.54) is 0 Å². The quantitative estimate of drug-likeness (QED) is 0.210. The number of benzene rings is 2. The minimum Gasteiger partial charge on any atom is -0.383 e. The van der Waals surface area contributed by atoms with Crippen LogP contribution in [0.1, 0.15) is 44.9 Å². The summed E-state index contributed by atoms with van der Waals surface area (Å²) in [5, 5.41) is 2.92. The number of hydrogen-bond donors (Lipinski definition) is 2. The number of nitrogens with two attached hydrogens (primary N) is 1. The van der Waals surface area contributed by atoms with Crippen molar-refractivity contribution < 1.29 is 14.3 Å². The lowest BCUT2D eigenvalue weighted by Gasteiger charge is -2.30. The van der Waals surface area contributed by atoms with Crippen molar-refractivity contribution in [2.24, 2.45) is 19.8 Å². The van der Waals surface area contributed by atoms with E-state index in [2.05, 4.69) is 38.2 Å². The highest BCUT2D eigenvalue weighted by Crippen LogP contribution is 2.20. The van der Waals surface area contributed by atoms with Crippen LogP contribution in [0, 0.1) is 6.92 Å².